The lowest BCUT2D eigenvalue weighted by molar-refractivity contribution is -0.148. The molecule has 1 aromatic rings. The van der Waals surface area contributed by atoms with Crippen LogP contribution < -0.4 is 10.6 Å². The zero-order valence-electron chi connectivity index (χ0n) is 21.3. The minimum atomic E-state index is -1.05. The van der Waals surface area contributed by atoms with Crippen LogP contribution >= 0.6 is 33.3 Å². The van der Waals surface area contributed by atoms with Crippen LogP contribution in [0.2, 0.25) is 0 Å². The van der Waals surface area contributed by atoms with Crippen LogP contribution in [0.15, 0.2) is 29.4 Å². The van der Waals surface area contributed by atoms with Crippen LogP contribution in [0.5, 0.6) is 0 Å². The van der Waals surface area contributed by atoms with Gasteiger partial charge in [0.25, 0.3) is 0 Å². The van der Waals surface area contributed by atoms with Crippen LogP contribution in [0.3, 0.4) is 0 Å². The van der Waals surface area contributed by atoms with Crippen molar-refractivity contribution in [2.45, 2.75) is 61.6 Å². The van der Waals surface area contributed by atoms with E-state index in [2.05, 4.69) is 15.6 Å². The van der Waals surface area contributed by atoms with Gasteiger partial charge in [-0.3, -0.25) is 9.59 Å². The van der Waals surface area contributed by atoms with Gasteiger partial charge in [0.2, 0.25) is 11.8 Å². The number of hydrogen-bond acceptors (Lipinski definition) is 9. The molecule has 0 spiro atoms. The largest absolute Gasteiger partial charge is 0.480 e. The highest BCUT2D eigenvalue weighted by atomic mass is 33.1. The number of aliphatic carboxylic acids is 1. The number of pyridine rings is 1. The normalized spacial score (nSPS) is 12.8. The molecule has 0 fully saturated rings. The number of thioether (sulfide) groups is 1. The van der Waals surface area contributed by atoms with E-state index in [0.29, 0.717) is 6.42 Å². The zero-order chi connectivity index (χ0) is 27.1. The number of carbonyl (C=O) groups excluding carboxylic acids is 3. The fourth-order valence-corrected chi connectivity index (χ4v) is 5.26. The molecule has 0 saturated heterocycles. The van der Waals surface area contributed by atoms with Crippen molar-refractivity contribution >= 4 is 57.2 Å². The monoisotopic (exact) mass is 560 g/mol. The molecule has 0 saturated carbocycles. The minimum Gasteiger partial charge on any atom is -0.480 e. The van der Waals surface area contributed by atoms with Crippen LogP contribution in [-0.4, -0.2) is 87.4 Å². The van der Waals surface area contributed by atoms with Gasteiger partial charge in [-0.25, -0.2) is 14.6 Å². The summed E-state index contributed by atoms with van der Waals surface area (Å²) in [6, 6.07) is 4.80. The summed E-state index contributed by atoms with van der Waals surface area (Å²) in [5.41, 5.74) is 0. The van der Waals surface area contributed by atoms with E-state index < -0.39 is 18.1 Å². The summed E-state index contributed by atoms with van der Waals surface area (Å²) in [6.45, 7) is 8.05. The van der Waals surface area contributed by atoms with Gasteiger partial charge in [-0.1, -0.05) is 30.7 Å². The molecule has 3 amide bonds. The first kappa shape index (κ1) is 31.9. The standard InChI is InChI=1S/C23H36N4O6S3/c1-16(35-36-19-8-6-7-11-25-19)14-33-22(32)26-13-12-24-18(28)15-34-23(3,4)10-9-20(29)27(5)17(2)21(30)31/h6-8,11,16-17H,9-10,12-15H2,1-5H3,(H,24,28)(H,26,32)(H,30,31)/t16-,17-/m0/s1. The average Bonchev–Trinajstić information content (AvgIpc) is 2.85. The average molecular weight is 561 g/mol. The molecule has 1 aromatic heterocycles. The molecule has 3 N–H and O–H groups in total. The Labute approximate surface area is 224 Å². The zero-order valence-corrected chi connectivity index (χ0v) is 23.8. The molecule has 1 heterocycles. The van der Waals surface area contributed by atoms with E-state index in [1.54, 1.807) is 17.0 Å². The molecule has 0 aliphatic heterocycles. The Balaban J connectivity index is 2.15. The molecule has 10 nitrogen and oxygen atoms in total. The smallest absolute Gasteiger partial charge is 0.407 e. The van der Waals surface area contributed by atoms with Crippen LogP contribution in [-0.2, 0) is 19.1 Å². The lowest BCUT2D eigenvalue weighted by Crippen LogP contribution is -2.40. The number of alkyl carbamates (subject to hydrolysis) is 1. The van der Waals surface area contributed by atoms with Crippen molar-refractivity contribution in [3.8, 4) is 0 Å². The van der Waals surface area contributed by atoms with Crippen LogP contribution in [0.1, 0.15) is 40.5 Å². The first-order chi connectivity index (χ1) is 16.9. The first-order valence-electron chi connectivity index (χ1n) is 11.5. The van der Waals surface area contributed by atoms with Crippen molar-refractivity contribution in [1.82, 2.24) is 20.5 Å². The second kappa shape index (κ2) is 16.6. The fraction of sp³-hybridized carbons (Fsp3) is 0.609. The summed E-state index contributed by atoms with van der Waals surface area (Å²) in [5, 5.41) is 15.3. The van der Waals surface area contributed by atoms with E-state index in [4.69, 9.17) is 9.84 Å². The number of aromatic nitrogens is 1. The summed E-state index contributed by atoms with van der Waals surface area (Å²) in [5.74, 6) is -1.28. The number of likely N-dealkylation sites (N-methyl/N-ethyl adjacent to an activating group) is 1. The Kier molecular flexibility index (Phi) is 14.7. The van der Waals surface area contributed by atoms with E-state index in [9.17, 15) is 19.2 Å². The predicted molar refractivity (Wildman–Crippen MR) is 145 cm³/mol. The Bertz CT molecular complexity index is 860. The summed E-state index contributed by atoms with van der Waals surface area (Å²) >= 11 is 1.41. The van der Waals surface area contributed by atoms with E-state index in [1.165, 1.54) is 41.4 Å². The molecular formula is C23H36N4O6S3. The van der Waals surface area contributed by atoms with E-state index in [-0.39, 0.29) is 53.7 Å². The first-order valence-corrected chi connectivity index (χ1v) is 14.6. The van der Waals surface area contributed by atoms with E-state index >= 15 is 0 Å². The molecule has 1 rings (SSSR count). The molecule has 0 unspecified atom stereocenters. The van der Waals surface area contributed by atoms with Gasteiger partial charge in [0.05, 0.1) is 5.75 Å². The lowest BCUT2D eigenvalue weighted by atomic mass is 10.1. The molecule has 13 heteroatoms. The summed E-state index contributed by atoms with van der Waals surface area (Å²) in [4.78, 5) is 52.6. The highest BCUT2D eigenvalue weighted by molar-refractivity contribution is 8.76. The predicted octanol–water partition coefficient (Wildman–Crippen LogP) is 3.28. The molecule has 36 heavy (non-hydrogen) atoms. The number of hydrogen-bond donors (Lipinski definition) is 3. The minimum absolute atomic E-state index is 0.0825. The van der Waals surface area contributed by atoms with E-state index in [0.717, 1.165) is 5.03 Å². The highest BCUT2D eigenvalue weighted by Gasteiger charge is 2.25. The second-order valence-corrected chi connectivity index (χ2v) is 12.9. The number of carboxylic acids is 1. The van der Waals surface area contributed by atoms with Crippen LogP contribution in [0.25, 0.3) is 0 Å². The summed E-state index contributed by atoms with van der Waals surface area (Å²) < 4.78 is 4.86. The van der Waals surface area contributed by atoms with Gasteiger partial charge in [0.15, 0.2) is 0 Å². The van der Waals surface area contributed by atoms with Gasteiger partial charge in [-0.15, -0.1) is 11.8 Å². The maximum absolute atomic E-state index is 12.2. The van der Waals surface area contributed by atoms with Crippen molar-refractivity contribution in [2.75, 3.05) is 32.5 Å². The van der Waals surface area contributed by atoms with Gasteiger partial charge in [0, 0.05) is 42.8 Å². The SMILES string of the molecule is C[C@@H](COC(=O)NCCNC(=O)CSC(C)(C)CCC(=O)N(C)[C@@H](C)C(=O)O)SSc1ccccn1. The van der Waals surface area contributed by atoms with Gasteiger partial charge < -0.3 is 25.4 Å². The Morgan fingerprint density at radius 3 is 2.50 bits per heavy atom. The van der Waals surface area contributed by atoms with Crippen LogP contribution in [0.4, 0.5) is 4.79 Å². The summed E-state index contributed by atoms with van der Waals surface area (Å²) in [7, 11) is 4.56. The molecule has 0 radical (unpaired) electrons. The van der Waals surface area contributed by atoms with E-state index in [1.807, 2.05) is 39.0 Å². The second-order valence-electron chi connectivity index (χ2n) is 8.60. The van der Waals surface area contributed by atoms with Crippen LogP contribution in [0, 0.1) is 0 Å². The Hall–Kier alpha value is -2.12. The van der Waals surface area contributed by atoms with Crippen molar-refractivity contribution in [3.05, 3.63) is 24.4 Å². The maximum Gasteiger partial charge on any atom is 0.407 e. The third-order valence-electron chi connectivity index (χ3n) is 4.97. The van der Waals surface area contributed by atoms with Crippen molar-refractivity contribution in [3.63, 3.8) is 0 Å². The van der Waals surface area contributed by atoms with Gasteiger partial charge in [-0.05, 0) is 43.2 Å². The Morgan fingerprint density at radius 2 is 1.86 bits per heavy atom. The third-order valence-corrected chi connectivity index (χ3v) is 9.12. The van der Waals surface area contributed by atoms with Crippen molar-refractivity contribution < 1.29 is 29.0 Å². The quantitative estimate of drug-likeness (QED) is 0.204. The topological polar surface area (TPSA) is 138 Å². The van der Waals surface area contributed by atoms with Gasteiger partial charge in [-0.2, -0.15) is 0 Å². The number of amides is 3. The number of carbonyl (C=O) groups is 4. The lowest BCUT2D eigenvalue weighted by Gasteiger charge is -2.26. The number of rotatable bonds is 16. The fourth-order valence-electron chi connectivity index (χ4n) is 2.52. The molecule has 0 aromatic carbocycles. The van der Waals surface area contributed by atoms with Crippen molar-refractivity contribution in [1.29, 1.82) is 0 Å². The number of nitrogens with one attached hydrogen (secondary N) is 2. The summed E-state index contributed by atoms with van der Waals surface area (Å²) in [6.07, 6.45) is 1.89. The van der Waals surface area contributed by atoms with Gasteiger partial charge in [0.1, 0.15) is 17.7 Å². The highest BCUT2D eigenvalue weighted by Crippen LogP contribution is 2.33. The Morgan fingerprint density at radius 1 is 1.17 bits per heavy atom. The molecule has 2 atom stereocenters. The number of ether oxygens (including phenoxy) is 1. The molecule has 0 aliphatic rings. The molecule has 202 valence electrons. The molecular weight excluding hydrogens is 524 g/mol. The van der Waals surface area contributed by atoms with Gasteiger partial charge >= 0.3 is 12.1 Å². The number of carboxylic acid groups (broad SMARTS) is 1. The molecule has 0 aliphatic carbocycles. The number of nitrogens with zero attached hydrogens (tertiary/aromatic N) is 2. The maximum atomic E-state index is 12.2. The molecule has 0 bridgehead atoms. The third kappa shape index (κ3) is 13.8. The van der Waals surface area contributed by atoms with Crippen molar-refractivity contribution in [2.24, 2.45) is 0 Å².